The maximum absolute atomic E-state index is 12.0. The fraction of sp³-hybridized carbons (Fsp3) is 0.150. The van der Waals surface area contributed by atoms with Crippen LogP contribution in [0.5, 0.6) is 0 Å². The Morgan fingerprint density at radius 3 is 2.64 bits per heavy atom. The van der Waals surface area contributed by atoms with Gasteiger partial charge in [0.1, 0.15) is 0 Å². The molecule has 0 fully saturated rings. The van der Waals surface area contributed by atoms with E-state index in [-0.39, 0.29) is 13.2 Å². The third-order valence-corrected chi connectivity index (χ3v) is 4.00. The largest absolute Gasteiger partial charge is 0.454 e. The van der Waals surface area contributed by atoms with Crippen LogP contribution in [0.4, 0.5) is 0 Å². The lowest BCUT2D eigenvalue weighted by molar-refractivity contribution is -0.146. The molecule has 0 N–H and O–H groups in total. The molecule has 2 aromatic heterocycles. The number of carbonyl (C=O) groups is 1. The van der Waals surface area contributed by atoms with Crippen LogP contribution in [0.2, 0.25) is 0 Å². The number of nitrogens with zero attached hydrogens (tertiary/aromatic N) is 5. The van der Waals surface area contributed by atoms with Gasteiger partial charge in [-0.05, 0) is 12.1 Å². The van der Waals surface area contributed by atoms with Crippen LogP contribution < -0.4 is 0 Å². The lowest BCUT2D eigenvalue weighted by Gasteiger charge is -2.01. The number of tetrazole rings is 1. The summed E-state index contributed by atoms with van der Waals surface area (Å²) in [7, 11) is 0. The zero-order chi connectivity index (χ0) is 19.3. The van der Waals surface area contributed by atoms with Gasteiger partial charge in [0, 0.05) is 11.1 Å². The highest BCUT2D eigenvalue weighted by Crippen LogP contribution is 2.20. The number of rotatable bonds is 6. The van der Waals surface area contributed by atoms with E-state index < -0.39 is 5.97 Å². The minimum absolute atomic E-state index is 0.0643. The highest BCUT2D eigenvalue weighted by atomic mass is 16.5. The zero-order valence-corrected chi connectivity index (χ0v) is 15.1. The second-order valence-corrected chi connectivity index (χ2v) is 6.15. The third kappa shape index (κ3) is 4.12. The van der Waals surface area contributed by atoms with Crippen molar-refractivity contribution in [3.8, 4) is 22.7 Å². The van der Waals surface area contributed by atoms with Gasteiger partial charge in [-0.2, -0.15) is 4.80 Å². The van der Waals surface area contributed by atoms with Crippen molar-refractivity contribution in [3.63, 3.8) is 0 Å². The normalized spacial score (nSPS) is 10.8. The lowest BCUT2D eigenvalue weighted by atomic mass is 10.1. The number of hydrogen-bond donors (Lipinski definition) is 0. The molecule has 28 heavy (non-hydrogen) atoms. The third-order valence-electron chi connectivity index (χ3n) is 4.00. The van der Waals surface area contributed by atoms with Crippen LogP contribution in [0.25, 0.3) is 22.7 Å². The van der Waals surface area contributed by atoms with Gasteiger partial charge in [0.2, 0.25) is 11.7 Å². The van der Waals surface area contributed by atoms with E-state index in [1.54, 1.807) is 6.20 Å². The summed E-state index contributed by atoms with van der Waals surface area (Å²) in [4.78, 5) is 17.4. The first-order chi connectivity index (χ1) is 13.7. The van der Waals surface area contributed by atoms with Gasteiger partial charge >= 0.3 is 5.97 Å². The Balaban J connectivity index is 1.33. The van der Waals surface area contributed by atoms with E-state index in [1.165, 1.54) is 4.80 Å². The maximum Gasteiger partial charge on any atom is 0.330 e. The number of aromatic nitrogens is 5. The van der Waals surface area contributed by atoms with Gasteiger partial charge in [-0.25, -0.2) is 9.78 Å². The van der Waals surface area contributed by atoms with Crippen LogP contribution in [0, 0.1) is 6.92 Å². The Morgan fingerprint density at radius 1 is 1.07 bits per heavy atom. The SMILES string of the molecule is Cc1ccc(-c2nnn(CC(=O)OCc3ncc(-c4ccccc4)o3)n2)cc1. The molecule has 0 saturated carbocycles. The van der Waals surface area contributed by atoms with E-state index in [4.69, 9.17) is 9.15 Å². The topological polar surface area (TPSA) is 95.9 Å². The van der Waals surface area contributed by atoms with Crippen molar-refractivity contribution in [3.05, 3.63) is 72.2 Å². The lowest BCUT2D eigenvalue weighted by Crippen LogP contribution is -2.15. The molecule has 8 heteroatoms. The molecular formula is C20H17N5O3. The molecule has 0 amide bonds. The molecule has 0 radical (unpaired) electrons. The molecule has 140 valence electrons. The van der Waals surface area contributed by atoms with Crippen molar-refractivity contribution in [2.75, 3.05) is 0 Å². The monoisotopic (exact) mass is 375 g/mol. The predicted molar refractivity (Wildman–Crippen MR) is 99.7 cm³/mol. The number of ether oxygens (including phenoxy) is 1. The van der Waals surface area contributed by atoms with Gasteiger partial charge < -0.3 is 9.15 Å². The van der Waals surface area contributed by atoms with Crippen LogP contribution in [0.1, 0.15) is 11.5 Å². The minimum atomic E-state index is -0.507. The first-order valence-corrected chi connectivity index (χ1v) is 8.68. The quantitative estimate of drug-likeness (QED) is 0.478. The Kier molecular flexibility index (Phi) is 4.92. The van der Waals surface area contributed by atoms with Crippen molar-refractivity contribution >= 4 is 5.97 Å². The molecule has 0 atom stereocenters. The summed E-state index contributed by atoms with van der Waals surface area (Å²) in [5.41, 5.74) is 2.88. The summed E-state index contributed by atoms with van der Waals surface area (Å²) < 4.78 is 10.8. The Hall–Kier alpha value is -3.81. The smallest absolute Gasteiger partial charge is 0.330 e. The number of esters is 1. The zero-order valence-electron chi connectivity index (χ0n) is 15.1. The van der Waals surface area contributed by atoms with E-state index in [2.05, 4.69) is 20.4 Å². The van der Waals surface area contributed by atoms with Gasteiger partial charge in [0.25, 0.3) is 0 Å². The Bertz CT molecular complexity index is 1070. The van der Waals surface area contributed by atoms with Crippen molar-refractivity contribution in [1.82, 2.24) is 25.2 Å². The Morgan fingerprint density at radius 2 is 1.86 bits per heavy atom. The molecule has 0 unspecified atom stereocenters. The van der Waals surface area contributed by atoms with Crippen LogP contribution in [0.3, 0.4) is 0 Å². The molecule has 0 aliphatic heterocycles. The first-order valence-electron chi connectivity index (χ1n) is 8.68. The molecule has 0 aliphatic carbocycles. The Labute approximate surface area is 160 Å². The van der Waals surface area contributed by atoms with Crippen molar-refractivity contribution in [2.45, 2.75) is 20.1 Å². The van der Waals surface area contributed by atoms with E-state index in [0.717, 1.165) is 16.7 Å². The van der Waals surface area contributed by atoms with E-state index in [9.17, 15) is 4.79 Å². The summed E-state index contributed by atoms with van der Waals surface area (Å²) in [6.07, 6.45) is 1.60. The van der Waals surface area contributed by atoms with Gasteiger partial charge in [0.05, 0.1) is 6.20 Å². The molecule has 0 aliphatic rings. The molecule has 2 heterocycles. The molecule has 8 nitrogen and oxygen atoms in total. The summed E-state index contributed by atoms with van der Waals surface area (Å²) >= 11 is 0. The first kappa shape index (κ1) is 17.6. The minimum Gasteiger partial charge on any atom is -0.454 e. The van der Waals surface area contributed by atoms with Crippen molar-refractivity contribution in [1.29, 1.82) is 0 Å². The molecule has 4 rings (SSSR count). The van der Waals surface area contributed by atoms with E-state index >= 15 is 0 Å². The van der Waals surface area contributed by atoms with Gasteiger partial charge in [0.15, 0.2) is 18.9 Å². The molecule has 0 bridgehead atoms. The average Bonchev–Trinajstić information content (AvgIpc) is 3.37. The van der Waals surface area contributed by atoms with Crippen LogP contribution in [0.15, 0.2) is 65.2 Å². The fourth-order valence-electron chi connectivity index (χ4n) is 2.54. The molecule has 0 saturated heterocycles. The van der Waals surface area contributed by atoms with E-state index in [1.807, 2.05) is 61.5 Å². The van der Waals surface area contributed by atoms with Crippen LogP contribution in [-0.2, 0) is 22.7 Å². The number of aryl methyl sites for hydroxylation is 1. The predicted octanol–water partition coefficient (Wildman–Crippen LogP) is 3.05. The van der Waals surface area contributed by atoms with E-state index in [0.29, 0.717) is 17.5 Å². The molecule has 0 spiro atoms. The molecule has 2 aromatic carbocycles. The fourth-order valence-corrected chi connectivity index (χ4v) is 2.54. The average molecular weight is 375 g/mol. The van der Waals surface area contributed by atoms with Gasteiger partial charge in [-0.15, -0.1) is 10.2 Å². The van der Waals surface area contributed by atoms with Crippen LogP contribution in [-0.4, -0.2) is 31.2 Å². The maximum atomic E-state index is 12.0. The summed E-state index contributed by atoms with van der Waals surface area (Å²) in [5, 5.41) is 12.1. The number of hydrogen-bond acceptors (Lipinski definition) is 7. The summed E-state index contributed by atoms with van der Waals surface area (Å²) in [6, 6.07) is 17.3. The highest BCUT2D eigenvalue weighted by Gasteiger charge is 2.12. The second-order valence-electron chi connectivity index (χ2n) is 6.15. The summed E-state index contributed by atoms with van der Waals surface area (Å²) in [6.45, 7) is 1.79. The second kappa shape index (κ2) is 7.83. The number of carbonyl (C=O) groups excluding carboxylic acids is 1. The number of benzene rings is 2. The molecular weight excluding hydrogens is 358 g/mol. The van der Waals surface area contributed by atoms with Crippen LogP contribution >= 0.6 is 0 Å². The number of oxazole rings is 1. The summed E-state index contributed by atoms with van der Waals surface area (Å²) in [5.74, 6) is 0.881. The van der Waals surface area contributed by atoms with Crippen molar-refractivity contribution < 1.29 is 13.9 Å². The van der Waals surface area contributed by atoms with Gasteiger partial charge in [-0.3, -0.25) is 0 Å². The molecule has 4 aromatic rings. The van der Waals surface area contributed by atoms with Crippen molar-refractivity contribution in [2.24, 2.45) is 0 Å². The standard InChI is InChI=1S/C20H17N5O3/c1-14-7-9-16(10-8-14)20-22-24-25(23-20)12-19(26)27-13-18-21-11-17(28-18)15-5-3-2-4-6-15/h2-11H,12-13H2,1H3. The highest BCUT2D eigenvalue weighted by molar-refractivity contribution is 5.69. The van der Waals surface area contributed by atoms with Gasteiger partial charge in [-0.1, -0.05) is 60.2 Å².